The molecule has 0 atom stereocenters. The Morgan fingerprint density at radius 2 is 1.86 bits per heavy atom. The molecule has 0 fully saturated rings. The van der Waals surface area contributed by atoms with Gasteiger partial charge in [-0.2, -0.15) is 5.10 Å². The van der Waals surface area contributed by atoms with Crippen LogP contribution in [-0.4, -0.2) is 19.9 Å². The van der Waals surface area contributed by atoms with Crippen LogP contribution in [-0.2, 0) is 11.3 Å². The van der Waals surface area contributed by atoms with Crippen LogP contribution in [0.5, 0.6) is 5.75 Å². The minimum atomic E-state index is -0.273. The number of benzene rings is 2. The summed E-state index contributed by atoms with van der Waals surface area (Å²) in [6.45, 7) is 2.37. The van der Waals surface area contributed by atoms with E-state index in [1.54, 1.807) is 26.4 Å². The molecule has 0 saturated heterocycles. The summed E-state index contributed by atoms with van der Waals surface area (Å²) in [4.78, 5) is 0. The van der Waals surface area contributed by atoms with E-state index in [2.05, 4.69) is 10.5 Å². The lowest BCUT2D eigenvalue weighted by atomic mass is 10.1. The van der Waals surface area contributed by atoms with Crippen molar-refractivity contribution in [1.82, 2.24) is 0 Å². The summed E-state index contributed by atoms with van der Waals surface area (Å²) >= 11 is 0. The van der Waals surface area contributed by atoms with E-state index in [0.717, 1.165) is 28.3 Å². The summed E-state index contributed by atoms with van der Waals surface area (Å²) in [7, 11) is 3.27. The number of anilines is 1. The molecule has 0 bridgehead atoms. The minimum Gasteiger partial charge on any atom is -0.496 e. The van der Waals surface area contributed by atoms with Gasteiger partial charge in [0, 0.05) is 12.7 Å². The van der Waals surface area contributed by atoms with Crippen molar-refractivity contribution < 1.29 is 13.9 Å². The smallest absolute Gasteiger partial charge is 0.124 e. The van der Waals surface area contributed by atoms with Gasteiger partial charge >= 0.3 is 0 Å². The molecule has 0 aromatic heterocycles. The largest absolute Gasteiger partial charge is 0.496 e. The topological polar surface area (TPSA) is 42.8 Å². The van der Waals surface area contributed by atoms with Crippen LogP contribution in [0.3, 0.4) is 0 Å². The Hall–Kier alpha value is -2.40. The first-order valence-electron chi connectivity index (χ1n) is 6.86. The summed E-state index contributed by atoms with van der Waals surface area (Å²) in [6.07, 6.45) is 0. The van der Waals surface area contributed by atoms with Crippen molar-refractivity contribution >= 4 is 11.4 Å². The number of rotatable bonds is 6. The summed E-state index contributed by atoms with van der Waals surface area (Å²) in [5.41, 5.74) is 6.36. The molecule has 1 N–H and O–H groups in total. The second kappa shape index (κ2) is 7.56. The van der Waals surface area contributed by atoms with Gasteiger partial charge in [-0.05, 0) is 55.0 Å². The van der Waals surface area contributed by atoms with Crippen molar-refractivity contribution in [3.05, 3.63) is 59.4 Å². The van der Waals surface area contributed by atoms with E-state index >= 15 is 0 Å². The molecule has 0 aliphatic heterocycles. The van der Waals surface area contributed by atoms with Gasteiger partial charge in [0.05, 0.1) is 25.1 Å². The highest BCUT2D eigenvalue weighted by atomic mass is 19.1. The zero-order valence-corrected chi connectivity index (χ0v) is 12.9. The molecule has 0 heterocycles. The molecule has 2 aromatic rings. The average Bonchev–Trinajstić information content (AvgIpc) is 2.54. The van der Waals surface area contributed by atoms with Crippen molar-refractivity contribution in [3.63, 3.8) is 0 Å². The third-order valence-corrected chi connectivity index (χ3v) is 3.19. The zero-order chi connectivity index (χ0) is 15.9. The Morgan fingerprint density at radius 3 is 2.50 bits per heavy atom. The first-order valence-corrected chi connectivity index (χ1v) is 6.86. The van der Waals surface area contributed by atoms with E-state index in [1.807, 2.05) is 25.1 Å². The van der Waals surface area contributed by atoms with Gasteiger partial charge in [-0.1, -0.05) is 0 Å². The molecule has 0 amide bonds. The van der Waals surface area contributed by atoms with Gasteiger partial charge in [-0.25, -0.2) is 4.39 Å². The maximum absolute atomic E-state index is 12.9. The van der Waals surface area contributed by atoms with Gasteiger partial charge in [0.1, 0.15) is 11.6 Å². The van der Waals surface area contributed by atoms with Crippen LogP contribution in [0, 0.1) is 5.82 Å². The number of hydrogen-bond donors (Lipinski definition) is 1. The Kier molecular flexibility index (Phi) is 5.49. The molecule has 0 aliphatic rings. The molecule has 0 saturated carbocycles. The van der Waals surface area contributed by atoms with E-state index < -0.39 is 0 Å². The van der Waals surface area contributed by atoms with Gasteiger partial charge in [0.25, 0.3) is 0 Å². The number of nitrogens with one attached hydrogen (secondary N) is 1. The molecule has 4 nitrogen and oxygen atoms in total. The first-order chi connectivity index (χ1) is 10.6. The number of hydrogen-bond acceptors (Lipinski definition) is 4. The summed E-state index contributed by atoms with van der Waals surface area (Å²) in [6, 6.07) is 11.8. The summed E-state index contributed by atoms with van der Waals surface area (Å²) in [5.74, 6) is 0.510. The average molecular weight is 302 g/mol. The highest BCUT2D eigenvalue weighted by molar-refractivity contribution is 5.99. The second-order valence-electron chi connectivity index (χ2n) is 4.78. The lowest BCUT2D eigenvalue weighted by Gasteiger charge is -2.10. The van der Waals surface area contributed by atoms with Gasteiger partial charge in [-0.3, -0.25) is 5.43 Å². The van der Waals surface area contributed by atoms with Crippen LogP contribution in [0.2, 0.25) is 0 Å². The molecular weight excluding hydrogens is 283 g/mol. The van der Waals surface area contributed by atoms with Crippen LogP contribution in [0.25, 0.3) is 0 Å². The lowest BCUT2D eigenvalue weighted by molar-refractivity contribution is 0.181. The van der Waals surface area contributed by atoms with Crippen LogP contribution in [0.15, 0.2) is 47.6 Å². The van der Waals surface area contributed by atoms with Gasteiger partial charge < -0.3 is 9.47 Å². The zero-order valence-electron chi connectivity index (χ0n) is 12.9. The van der Waals surface area contributed by atoms with E-state index in [1.165, 1.54) is 12.1 Å². The molecule has 0 radical (unpaired) electrons. The predicted molar refractivity (Wildman–Crippen MR) is 85.9 cm³/mol. The molecule has 0 unspecified atom stereocenters. The number of ether oxygens (including phenoxy) is 2. The molecule has 2 rings (SSSR count). The van der Waals surface area contributed by atoms with E-state index in [-0.39, 0.29) is 5.82 Å². The number of hydrazone groups is 1. The SMILES string of the molecule is COCc1cc(/C(C)=N\Nc2ccc(F)cc2)ccc1OC. The van der Waals surface area contributed by atoms with E-state index in [9.17, 15) is 4.39 Å². The fourth-order valence-corrected chi connectivity index (χ4v) is 2.01. The molecule has 5 heteroatoms. The van der Waals surface area contributed by atoms with Crippen LogP contribution in [0.4, 0.5) is 10.1 Å². The van der Waals surface area contributed by atoms with Crippen molar-refractivity contribution in [1.29, 1.82) is 0 Å². The quantitative estimate of drug-likeness (QED) is 0.651. The van der Waals surface area contributed by atoms with Gasteiger partial charge in [-0.15, -0.1) is 0 Å². The minimum absolute atomic E-state index is 0.273. The van der Waals surface area contributed by atoms with Gasteiger partial charge in [0.15, 0.2) is 0 Å². The summed E-state index contributed by atoms with van der Waals surface area (Å²) < 4.78 is 23.3. The maximum Gasteiger partial charge on any atom is 0.124 e. The second-order valence-corrected chi connectivity index (χ2v) is 4.78. The molecule has 0 spiro atoms. The van der Waals surface area contributed by atoms with Crippen LogP contribution < -0.4 is 10.2 Å². The predicted octanol–water partition coefficient (Wildman–Crippen LogP) is 3.82. The maximum atomic E-state index is 12.9. The molecule has 0 aliphatic carbocycles. The molecule has 2 aromatic carbocycles. The van der Waals surface area contributed by atoms with E-state index in [4.69, 9.17) is 9.47 Å². The van der Waals surface area contributed by atoms with Crippen LogP contribution in [0.1, 0.15) is 18.1 Å². The Bertz CT molecular complexity index is 654. The first kappa shape index (κ1) is 16.0. The van der Waals surface area contributed by atoms with Crippen LogP contribution >= 0.6 is 0 Å². The third kappa shape index (κ3) is 4.05. The Morgan fingerprint density at radius 1 is 1.14 bits per heavy atom. The molecular formula is C17H19FN2O2. The Balaban J connectivity index is 2.17. The fraction of sp³-hybridized carbons (Fsp3) is 0.235. The lowest BCUT2D eigenvalue weighted by Crippen LogP contribution is -2.02. The van der Waals surface area contributed by atoms with Crippen molar-refractivity contribution in [2.24, 2.45) is 5.10 Å². The summed E-state index contributed by atoms with van der Waals surface area (Å²) in [5, 5.41) is 4.31. The van der Waals surface area contributed by atoms with Crippen molar-refractivity contribution in [2.75, 3.05) is 19.6 Å². The number of methoxy groups -OCH3 is 2. The highest BCUT2D eigenvalue weighted by Gasteiger charge is 2.06. The normalized spacial score (nSPS) is 11.4. The number of nitrogens with zero attached hydrogens (tertiary/aromatic N) is 1. The molecule has 116 valence electrons. The van der Waals surface area contributed by atoms with E-state index in [0.29, 0.717) is 6.61 Å². The monoisotopic (exact) mass is 302 g/mol. The Labute approximate surface area is 129 Å². The van der Waals surface area contributed by atoms with Crippen molar-refractivity contribution in [3.8, 4) is 5.75 Å². The highest BCUT2D eigenvalue weighted by Crippen LogP contribution is 2.21. The number of halogens is 1. The molecule has 22 heavy (non-hydrogen) atoms. The standard InChI is InChI=1S/C17H19FN2O2/c1-12(19-20-16-7-5-15(18)6-8-16)13-4-9-17(22-3)14(10-13)11-21-2/h4-10,20H,11H2,1-3H3/b19-12-. The van der Waals surface area contributed by atoms with Gasteiger partial charge in [0.2, 0.25) is 0 Å². The fourth-order valence-electron chi connectivity index (χ4n) is 2.01. The third-order valence-electron chi connectivity index (χ3n) is 3.19. The van der Waals surface area contributed by atoms with Crippen molar-refractivity contribution in [2.45, 2.75) is 13.5 Å².